The van der Waals surface area contributed by atoms with Gasteiger partial charge >= 0.3 is 6.03 Å². The van der Waals surface area contributed by atoms with Crippen LogP contribution in [0.1, 0.15) is 34.9 Å². The molecular formula is C23H28N6O3S2. The molecule has 4 rings (SSSR count). The van der Waals surface area contributed by atoms with Crippen molar-refractivity contribution in [3.8, 4) is 0 Å². The van der Waals surface area contributed by atoms with Crippen molar-refractivity contribution < 1.29 is 14.3 Å². The maximum atomic E-state index is 12.6. The maximum absolute atomic E-state index is 12.6. The Bertz CT molecular complexity index is 1060. The third-order valence-corrected chi connectivity index (χ3v) is 6.96. The van der Waals surface area contributed by atoms with Crippen molar-refractivity contribution in [1.82, 2.24) is 15.2 Å². The highest BCUT2D eigenvalue weighted by Crippen LogP contribution is 2.24. The van der Waals surface area contributed by atoms with Crippen LogP contribution in [0.4, 0.5) is 21.9 Å². The molecule has 0 radical (unpaired) electrons. The summed E-state index contributed by atoms with van der Waals surface area (Å²) in [6.07, 6.45) is 3.30. The SMILES string of the molecule is Nc1cscc1NC(=O)c1ccc(C(CCCN2CCOCC2)NC(=O)Nc2ccsc2)cn1. The molecule has 3 amide bonds. The molecule has 4 heterocycles. The normalized spacial score (nSPS) is 14.9. The second-order valence-electron chi connectivity index (χ2n) is 7.93. The van der Waals surface area contributed by atoms with Gasteiger partial charge < -0.3 is 26.4 Å². The van der Waals surface area contributed by atoms with Gasteiger partial charge in [-0.25, -0.2) is 4.79 Å². The minimum absolute atomic E-state index is 0.239. The third kappa shape index (κ3) is 6.76. The Morgan fingerprint density at radius 3 is 2.65 bits per heavy atom. The molecule has 1 aliphatic heterocycles. The van der Waals surface area contributed by atoms with Crippen LogP contribution < -0.4 is 21.7 Å². The van der Waals surface area contributed by atoms with E-state index in [9.17, 15) is 9.59 Å². The van der Waals surface area contributed by atoms with E-state index in [2.05, 4.69) is 25.8 Å². The van der Waals surface area contributed by atoms with Gasteiger partial charge in [-0.2, -0.15) is 11.3 Å². The molecular weight excluding hydrogens is 472 g/mol. The van der Waals surface area contributed by atoms with Gasteiger partial charge in [0.15, 0.2) is 0 Å². The number of nitrogens with two attached hydrogens (primary N) is 1. The van der Waals surface area contributed by atoms with Crippen molar-refractivity contribution in [3.05, 3.63) is 57.2 Å². The van der Waals surface area contributed by atoms with E-state index in [-0.39, 0.29) is 23.7 Å². The maximum Gasteiger partial charge on any atom is 0.319 e. The van der Waals surface area contributed by atoms with Gasteiger partial charge in [-0.1, -0.05) is 6.07 Å². The van der Waals surface area contributed by atoms with Gasteiger partial charge in [-0.05, 0) is 42.5 Å². The summed E-state index contributed by atoms with van der Waals surface area (Å²) in [4.78, 5) is 31.8. The van der Waals surface area contributed by atoms with E-state index in [1.54, 1.807) is 23.0 Å². The number of nitrogens with one attached hydrogen (secondary N) is 3. The van der Waals surface area contributed by atoms with Crippen LogP contribution in [0.2, 0.25) is 0 Å². The van der Waals surface area contributed by atoms with Crippen LogP contribution in [0.15, 0.2) is 45.9 Å². The first kappa shape index (κ1) is 24.1. The van der Waals surface area contributed by atoms with E-state index in [0.717, 1.165) is 56.9 Å². The van der Waals surface area contributed by atoms with E-state index in [1.807, 2.05) is 22.9 Å². The number of nitrogen functional groups attached to an aromatic ring is 1. The van der Waals surface area contributed by atoms with Crippen LogP contribution in [0, 0.1) is 0 Å². The number of carbonyl (C=O) groups is 2. The Labute approximate surface area is 206 Å². The molecule has 11 heteroatoms. The van der Waals surface area contributed by atoms with Crippen molar-refractivity contribution in [2.45, 2.75) is 18.9 Å². The Hall–Kier alpha value is -2.99. The number of rotatable bonds is 9. The highest BCUT2D eigenvalue weighted by Gasteiger charge is 2.18. The zero-order valence-electron chi connectivity index (χ0n) is 18.7. The number of urea groups is 1. The van der Waals surface area contributed by atoms with Crippen molar-refractivity contribution >= 4 is 51.7 Å². The first-order valence-electron chi connectivity index (χ1n) is 11.1. The van der Waals surface area contributed by atoms with Crippen LogP contribution in [-0.4, -0.2) is 54.7 Å². The second kappa shape index (κ2) is 11.9. The van der Waals surface area contributed by atoms with Crippen LogP contribution in [0.25, 0.3) is 0 Å². The fourth-order valence-corrected chi connectivity index (χ4v) is 4.93. The lowest BCUT2D eigenvalue weighted by molar-refractivity contribution is 0.0369. The number of nitrogens with zero attached hydrogens (tertiary/aromatic N) is 2. The lowest BCUT2D eigenvalue weighted by Crippen LogP contribution is -2.37. The Balaban J connectivity index is 1.40. The van der Waals surface area contributed by atoms with E-state index in [4.69, 9.17) is 10.5 Å². The number of amides is 3. The standard InChI is InChI=1S/C23H28N6O3S2/c24-18-14-34-15-21(18)27-22(30)20-4-3-16(12-25-20)19(2-1-6-29-7-9-32-10-8-29)28-23(31)26-17-5-11-33-13-17/h3-5,11-15,19H,1-2,6-10,24H2,(H,27,30)(H2,26,28,31). The van der Waals surface area contributed by atoms with E-state index >= 15 is 0 Å². The summed E-state index contributed by atoms with van der Waals surface area (Å²) in [7, 11) is 0. The van der Waals surface area contributed by atoms with Crippen LogP contribution >= 0.6 is 22.7 Å². The minimum atomic E-state index is -0.330. The predicted octanol–water partition coefficient (Wildman–Crippen LogP) is 4.01. The van der Waals surface area contributed by atoms with E-state index in [1.165, 1.54) is 22.7 Å². The summed E-state index contributed by atoms with van der Waals surface area (Å²) in [5.41, 5.74) is 8.83. The first-order chi connectivity index (χ1) is 16.6. The number of anilines is 3. The van der Waals surface area contributed by atoms with Gasteiger partial charge in [-0.3, -0.25) is 14.7 Å². The van der Waals surface area contributed by atoms with Gasteiger partial charge in [0.2, 0.25) is 0 Å². The van der Waals surface area contributed by atoms with Crippen LogP contribution in [0.5, 0.6) is 0 Å². The number of ether oxygens (including phenoxy) is 1. The van der Waals surface area contributed by atoms with Crippen molar-refractivity contribution in [2.75, 3.05) is 49.2 Å². The molecule has 1 atom stereocenters. The number of thiophene rings is 2. The second-order valence-corrected chi connectivity index (χ2v) is 9.45. The number of morpholine rings is 1. The van der Waals surface area contributed by atoms with Crippen molar-refractivity contribution in [2.24, 2.45) is 0 Å². The fourth-order valence-electron chi connectivity index (χ4n) is 3.67. The Morgan fingerprint density at radius 1 is 1.12 bits per heavy atom. The average molecular weight is 501 g/mol. The molecule has 0 spiro atoms. The number of hydrogen-bond acceptors (Lipinski definition) is 8. The van der Waals surface area contributed by atoms with Gasteiger partial charge in [0.1, 0.15) is 5.69 Å². The quantitative estimate of drug-likeness (QED) is 0.352. The molecule has 0 aliphatic carbocycles. The van der Waals surface area contributed by atoms with Crippen molar-refractivity contribution in [3.63, 3.8) is 0 Å². The average Bonchev–Trinajstić information content (AvgIpc) is 3.51. The molecule has 3 aromatic heterocycles. The molecule has 3 aromatic rings. The molecule has 1 unspecified atom stereocenters. The molecule has 1 aliphatic rings. The molecule has 9 nitrogen and oxygen atoms in total. The van der Waals surface area contributed by atoms with E-state index in [0.29, 0.717) is 11.4 Å². The number of hydrogen-bond donors (Lipinski definition) is 4. The van der Waals surface area contributed by atoms with Gasteiger partial charge in [-0.15, -0.1) is 11.3 Å². The Kier molecular flexibility index (Phi) is 8.47. The smallest absolute Gasteiger partial charge is 0.319 e. The lowest BCUT2D eigenvalue weighted by Gasteiger charge is -2.27. The summed E-state index contributed by atoms with van der Waals surface area (Å²) < 4.78 is 5.42. The first-order valence-corrected chi connectivity index (χ1v) is 13.0. The largest absolute Gasteiger partial charge is 0.396 e. The molecule has 5 N–H and O–H groups in total. The van der Waals surface area contributed by atoms with Crippen LogP contribution in [0.3, 0.4) is 0 Å². The van der Waals surface area contributed by atoms with Gasteiger partial charge in [0, 0.05) is 35.4 Å². The zero-order chi connectivity index (χ0) is 23.8. The summed E-state index contributed by atoms with van der Waals surface area (Å²) in [5.74, 6) is -0.330. The number of carbonyl (C=O) groups excluding carboxylic acids is 2. The van der Waals surface area contributed by atoms with E-state index < -0.39 is 0 Å². The van der Waals surface area contributed by atoms with Crippen molar-refractivity contribution in [1.29, 1.82) is 0 Å². The topological polar surface area (TPSA) is 122 Å². The summed E-state index contributed by atoms with van der Waals surface area (Å²) >= 11 is 2.94. The monoisotopic (exact) mass is 500 g/mol. The van der Waals surface area contributed by atoms with Crippen LogP contribution in [-0.2, 0) is 4.74 Å². The molecule has 0 aromatic carbocycles. The summed E-state index contributed by atoms with van der Waals surface area (Å²) in [5, 5.41) is 16.0. The fraction of sp³-hybridized carbons (Fsp3) is 0.348. The molecule has 180 valence electrons. The number of aromatic nitrogens is 1. The highest BCUT2D eigenvalue weighted by atomic mass is 32.1. The molecule has 1 fully saturated rings. The minimum Gasteiger partial charge on any atom is -0.396 e. The molecule has 1 saturated heterocycles. The zero-order valence-corrected chi connectivity index (χ0v) is 20.3. The third-order valence-electron chi connectivity index (χ3n) is 5.52. The molecule has 34 heavy (non-hydrogen) atoms. The predicted molar refractivity (Wildman–Crippen MR) is 137 cm³/mol. The highest BCUT2D eigenvalue weighted by molar-refractivity contribution is 7.09. The lowest BCUT2D eigenvalue weighted by atomic mass is 10.0. The number of pyridine rings is 1. The molecule has 0 saturated carbocycles. The van der Waals surface area contributed by atoms with Gasteiger partial charge in [0.05, 0.1) is 36.3 Å². The summed E-state index contributed by atoms with van der Waals surface area (Å²) in [6, 6.07) is 4.85. The molecule has 0 bridgehead atoms. The van der Waals surface area contributed by atoms with Gasteiger partial charge in [0.25, 0.3) is 5.91 Å². The Morgan fingerprint density at radius 2 is 1.97 bits per heavy atom. The summed E-state index contributed by atoms with van der Waals surface area (Å²) in [6.45, 7) is 4.31.